The Morgan fingerprint density at radius 2 is 1.85 bits per heavy atom. The molecule has 3 aromatic heterocycles. The second-order valence-electron chi connectivity index (χ2n) is 10.1. The molecule has 0 bridgehead atoms. The number of nitrogens with zero attached hydrogens (tertiary/aromatic N) is 6. The molecular weight excluding hydrogens is 502 g/mol. The Labute approximate surface area is 231 Å². The fourth-order valence-corrected chi connectivity index (χ4v) is 5.63. The van der Waals surface area contributed by atoms with E-state index >= 15 is 0 Å². The van der Waals surface area contributed by atoms with Crippen LogP contribution in [-0.4, -0.2) is 37.0 Å². The van der Waals surface area contributed by atoms with E-state index in [9.17, 15) is 4.79 Å². The number of hydrogen-bond donors (Lipinski definition) is 1. The number of hydrogen-bond acceptors (Lipinski definition) is 7. The van der Waals surface area contributed by atoms with Crippen molar-refractivity contribution in [3.8, 4) is 34.1 Å². The number of benzene rings is 2. The summed E-state index contributed by atoms with van der Waals surface area (Å²) in [4.78, 5) is 32.4. The maximum absolute atomic E-state index is 12.7. The van der Waals surface area contributed by atoms with Crippen LogP contribution >= 0.6 is 0 Å². The van der Waals surface area contributed by atoms with Crippen LogP contribution in [0.5, 0.6) is 11.8 Å². The van der Waals surface area contributed by atoms with Crippen molar-refractivity contribution in [3.63, 3.8) is 0 Å². The van der Waals surface area contributed by atoms with Crippen LogP contribution in [0.15, 0.2) is 72.7 Å². The topological polar surface area (TPSA) is 98.1 Å². The fourth-order valence-electron chi connectivity index (χ4n) is 5.63. The van der Waals surface area contributed by atoms with Gasteiger partial charge in [0.25, 0.3) is 5.91 Å². The molecule has 198 valence electrons. The highest BCUT2D eigenvalue weighted by molar-refractivity contribution is 6.10. The first kappa shape index (κ1) is 24.0. The summed E-state index contributed by atoms with van der Waals surface area (Å²) in [7, 11) is 2.03. The number of amides is 1. The van der Waals surface area contributed by atoms with Crippen LogP contribution < -0.4 is 15.0 Å². The van der Waals surface area contributed by atoms with Gasteiger partial charge < -0.3 is 19.5 Å². The summed E-state index contributed by atoms with van der Waals surface area (Å²) < 4.78 is 8.12. The minimum absolute atomic E-state index is 0.0594. The van der Waals surface area contributed by atoms with Crippen molar-refractivity contribution in [1.29, 1.82) is 0 Å². The van der Waals surface area contributed by atoms with E-state index < -0.39 is 0 Å². The van der Waals surface area contributed by atoms with Crippen LogP contribution in [0.25, 0.3) is 33.4 Å². The summed E-state index contributed by atoms with van der Waals surface area (Å²) in [6.07, 6.45) is 6.15. The standard InChI is InChI=1S/C31H27N7O2/c1-18-5-4-14-38(30(18)39)22-8-6-20(7-9-22)27-25-24-11-10-23(40-31-32-13-12-19(2)36-31)15-21(24)16-33-28-26(25)29(37(27)3)35-17-34-28/h5-13,15,17H,4,14,16H2,1-3H3,(H,33,34,35). The molecule has 2 aromatic carbocycles. The zero-order chi connectivity index (χ0) is 27.4. The minimum Gasteiger partial charge on any atom is -0.424 e. The Hall–Kier alpha value is -5.05. The van der Waals surface area contributed by atoms with Crippen LogP contribution in [0, 0.1) is 6.92 Å². The summed E-state index contributed by atoms with van der Waals surface area (Å²) in [6.45, 7) is 5.05. The molecule has 2 aliphatic rings. The average molecular weight is 530 g/mol. The van der Waals surface area contributed by atoms with Crippen LogP contribution in [-0.2, 0) is 18.4 Å². The molecule has 5 heterocycles. The summed E-state index contributed by atoms with van der Waals surface area (Å²) in [5.74, 6) is 1.52. The predicted octanol–water partition coefficient (Wildman–Crippen LogP) is 5.80. The molecule has 0 unspecified atom stereocenters. The number of rotatable bonds is 4. The largest absolute Gasteiger partial charge is 0.424 e. The molecule has 1 N–H and O–H groups in total. The highest BCUT2D eigenvalue weighted by atomic mass is 16.5. The quantitative estimate of drug-likeness (QED) is 0.314. The Balaban J connectivity index is 1.34. The SMILES string of the molecule is CC1=CCCN(c2ccc(-c3c4c5c(ncnc5n3C)NCc3cc(Oc5nccc(C)n5)ccc3-4)cc2)C1=O. The van der Waals surface area contributed by atoms with Gasteiger partial charge in [0.1, 0.15) is 23.5 Å². The van der Waals surface area contributed by atoms with E-state index in [2.05, 4.69) is 48.0 Å². The molecule has 1 amide bonds. The first-order valence-corrected chi connectivity index (χ1v) is 13.2. The molecule has 0 saturated carbocycles. The number of fused-ring (bicyclic) bond motifs is 2. The van der Waals surface area contributed by atoms with Crippen molar-refractivity contribution in [3.05, 3.63) is 84.0 Å². The van der Waals surface area contributed by atoms with Gasteiger partial charge in [-0.25, -0.2) is 19.9 Å². The molecule has 0 radical (unpaired) electrons. The van der Waals surface area contributed by atoms with Crippen LogP contribution in [0.2, 0.25) is 0 Å². The van der Waals surface area contributed by atoms with Crippen molar-refractivity contribution in [1.82, 2.24) is 24.5 Å². The van der Waals surface area contributed by atoms with E-state index in [1.54, 1.807) is 12.5 Å². The van der Waals surface area contributed by atoms with Crippen LogP contribution in [0.4, 0.5) is 11.5 Å². The zero-order valence-corrected chi connectivity index (χ0v) is 22.5. The molecule has 2 aliphatic heterocycles. The molecule has 40 heavy (non-hydrogen) atoms. The molecular formula is C31H27N7O2. The normalized spacial score (nSPS) is 14.4. The molecule has 5 aromatic rings. The molecule has 9 heteroatoms. The molecule has 0 spiro atoms. The van der Waals surface area contributed by atoms with E-state index in [1.165, 1.54) is 0 Å². The highest BCUT2D eigenvalue weighted by Gasteiger charge is 2.27. The third-order valence-electron chi connectivity index (χ3n) is 7.58. The first-order valence-electron chi connectivity index (χ1n) is 13.2. The molecule has 0 aliphatic carbocycles. The van der Waals surface area contributed by atoms with Crippen molar-refractivity contribution in [2.75, 3.05) is 16.8 Å². The van der Waals surface area contributed by atoms with Gasteiger partial charge in [0.2, 0.25) is 0 Å². The van der Waals surface area contributed by atoms with Crippen molar-refractivity contribution >= 4 is 28.4 Å². The lowest BCUT2D eigenvalue weighted by Crippen LogP contribution is -2.34. The van der Waals surface area contributed by atoms with Gasteiger partial charge in [-0.1, -0.05) is 24.3 Å². The van der Waals surface area contributed by atoms with Crippen molar-refractivity contribution in [2.45, 2.75) is 26.8 Å². The molecule has 7 rings (SSSR count). The number of anilines is 2. The average Bonchev–Trinajstić information content (AvgIpc) is 3.16. The van der Waals surface area contributed by atoms with E-state index in [1.807, 2.05) is 62.2 Å². The van der Waals surface area contributed by atoms with Crippen molar-refractivity contribution < 1.29 is 9.53 Å². The molecule has 0 saturated heterocycles. The van der Waals surface area contributed by atoms with Crippen LogP contribution in [0.1, 0.15) is 24.6 Å². The van der Waals surface area contributed by atoms with E-state index in [0.717, 1.165) is 68.2 Å². The number of aryl methyl sites for hydroxylation is 2. The van der Waals surface area contributed by atoms with Gasteiger partial charge in [0.15, 0.2) is 0 Å². The first-order chi connectivity index (χ1) is 19.5. The third kappa shape index (κ3) is 3.89. The van der Waals surface area contributed by atoms with Crippen molar-refractivity contribution in [2.24, 2.45) is 7.05 Å². The number of nitrogens with one attached hydrogen (secondary N) is 1. The van der Waals surface area contributed by atoms with Crippen LogP contribution in [0.3, 0.4) is 0 Å². The smallest absolute Gasteiger partial charge is 0.322 e. The van der Waals surface area contributed by atoms with Gasteiger partial charge in [-0.05, 0) is 67.3 Å². The summed E-state index contributed by atoms with van der Waals surface area (Å²) in [6, 6.07) is 16.4. The molecule has 9 nitrogen and oxygen atoms in total. The summed E-state index contributed by atoms with van der Waals surface area (Å²) >= 11 is 0. The second-order valence-corrected chi connectivity index (χ2v) is 10.1. The zero-order valence-electron chi connectivity index (χ0n) is 22.5. The number of carbonyl (C=O) groups excluding carboxylic acids is 1. The summed E-state index contributed by atoms with van der Waals surface area (Å²) in [5, 5.41) is 4.48. The number of ether oxygens (including phenoxy) is 1. The Morgan fingerprint density at radius 1 is 1.00 bits per heavy atom. The van der Waals surface area contributed by atoms with E-state index in [-0.39, 0.29) is 5.91 Å². The van der Waals surface area contributed by atoms with Gasteiger partial charge in [0.05, 0.1) is 11.1 Å². The van der Waals surface area contributed by atoms with E-state index in [4.69, 9.17) is 4.74 Å². The van der Waals surface area contributed by atoms with Gasteiger partial charge in [-0.15, -0.1) is 0 Å². The Kier molecular flexibility index (Phi) is 5.59. The van der Waals surface area contributed by atoms with E-state index in [0.29, 0.717) is 24.8 Å². The Bertz CT molecular complexity index is 1840. The van der Waals surface area contributed by atoms with Gasteiger partial charge in [-0.3, -0.25) is 4.79 Å². The third-order valence-corrected chi connectivity index (χ3v) is 7.58. The lowest BCUT2D eigenvalue weighted by atomic mass is 9.95. The maximum atomic E-state index is 12.7. The number of aromatic nitrogens is 5. The highest BCUT2D eigenvalue weighted by Crippen LogP contribution is 2.46. The lowest BCUT2D eigenvalue weighted by molar-refractivity contribution is -0.115. The maximum Gasteiger partial charge on any atom is 0.322 e. The predicted molar refractivity (Wildman–Crippen MR) is 154 cm³/mol. The lowest BCUT2D eigenvalue weighted by Gasteiger charge is -2.26. The van der Waals surface area contributed by atoms with Gasteiger partial charge in [0, 0.05) is 48.9 Å². The number of carbonyl (C=O) groups is 1. The minimum atomic E-state index is 0.0594. The Morgan fingerprint density at radius 3 is 2.67 bits per heavy atom. The van der Waals surface area contributed by atoms with Gasteiger partial charge >= 0.3 is 6.01 Å². The molecule has 0 atom stereocenters. The fraction of sp³-hybridized carbons (Fsp3) is 0.194. The second kappa shape index (κ2) is 9.30. The molecule has 0 fully saturated rings. The summed E-state index contributed by atoms with van der Waals surface area (Å²) in [5.41, 5.74) is 8.64. The van der Waals surface area contributed by atoms with Gasteiger partial charge in [-0.2, -0.15) is 0 Å². The monoisotopic (exact) mass is 529 g/mol.